The van der Waals surface area contributed by atoms with Crippen molar-refractivity contribution in [2.24, 2.45) is 23.7 Å². The summed E-state index contributed by atoms with van der Waals surface area (Å²) in [6.07, 6.45) is 24.5. The number of unbranched alkanes of at least 4 members (excludes halogenated alkanes) is 3. The van der Waals surface area contributed by atoms with Gasteiger partial charge in [0.25, 0.3) is 0 Å². The van der Waals surface area contributed by atoms with E-state index in [0.717, 1.165) is 24.2 Å². The summed E-state index contributed by atoms with van der Waals surface area (Å²) >= 11 is 0. The molecule has 1 aromatic carbocycles. The second kappa shape index (κ2) is 15.3. The second-order valence-electron chi connectivity index (χ2n) is 10.7. The number of ether oxygens (including phenoxy) is 1. The Labute approximate surface area is 204 Å². The van der Waals surface area contributed by atoms with E-state index < -0.39 is 0 Å². The molecule has 0 atom stereocenters. The summed E-state index contributed by atoms with van der Waals surface area (Å²) < 4.78 is 6.09. The molecule has 0 amide bonds. The van der Waals surface area contributed by atoms with Crippen molar-refractivity contribution in [1.82, 2.24) is 0 Å². The number of aryl methyl sites for hydroxylation is 1. The van der Waals surface area contributed by atoms with Crippen LogP contribution in [-0.2, 0) is 6.42 Å². The molecule has 0 spiro atoms. The number of allylic oxidation sites excluding steroid dienone is 2. The van der Waals surface area contributed by atoms with E-state index in [2.05, 4.69) is 62.1 Å². The zero-order chi connectivity index (χ0) is 23.1. The van der Waals surface area contributed by atoms with Gasteiger partial charge in [-0.05, 0) is 106 Å². The summed E-state index contributed by atoms with van der Waals surface area (Å²) in [5, 5.41) is 0. The maximum atomic E-state index is 6.09. The highest BCUT2D eigenvalue weighted by Gasteiger charge is 2.21. The summed E-state index contributed by atoms with van der Waals surface area (Å²) in [5.41, 5.74) is 1.42. The molecule has 0 bridgehead atoms. The normalized spacial score (nSPS) is 25.5. The first-order valence-corrected chi connectivity index (χ1v) is 14.2. The van der Waals surface area contributed by atoms with Gasteiger partial charge in [0.1, 0.15) is 5.75 Å². The van der Waals surface area contributed by atoms with Gasteiger partial charge in [0.05, 0.1) is 6.61 Å². The maximum absolute atomic E-state index is 6.09. The second-order valence-corrected chi connectivity index (χ2v) is 10.7. The van der Waals surface area contributed by atoms with Crippen molar-refractivity contribution in [1.29, 1.82) is 0 Å². The lowest BCUT2D eigenvalue weighted by Crippen LogP contribution is -2.19. The van der Waals surface area contributed by atoms with Crippen molar-refractivity contribution >= 4 is 0 Å². The molecule has 2 aliphatic carbocycles. The van der Waals surface area contributed by atoms with E-state index in [0.29, 0.717) is 11.8 Å². The van der Waals surface area contributed by atoms with Gasteiger partial charge in [0.15, 0.2) is 0 Å². The molecule has 0 N–H and O–H groups in total. The fourth-order valence-corrected chi connectivity index (χ4v) is 5.52. The Balaban J connectivity index is 1.28. The zero-order valence-electron chi connectivity index (χ0n) is 21.5. The Kier molecular flexibility index (Phi) is 12.0. The van der Waals surface area contributed by atoms with E-state index in [1.54, 1.807) is 0 Å². The maximum Gasteiger partial charge on any atom is 0.119 e. The lowest BCUT2D eigenvalue weighted by molar-refractivity contribution is 0.196. The fraction of sp³-hybridized carbons (Fsp3) is 0.688. The van der Waals surface area contributed by atoms with Crippen LogP contribution < -0.4 is 4.74 Å². The van der Waals surface area contributed by atoms with E-state index in [4.69, 9.17) is 4.74 Å². The topological polar surface area (TPSA) is 9.23 Å². The number of hydrogen-bond donors (Lipinski definition) is 0. The Morgan fingerprint density at radius 3 is 2.21 bits per heavy atom. The van der Waals surface area contributed by atoms with Crippen LogP contribution in [0.1, 0.15) is 109 Å². The lowest BCUT2D eigenvalue weighted by Gasteiger charge is -2.26. The third-order valence-electron chi connectivity index (χ3n) is 7.92. The standard InChI is InChI=1S/C32H48O/c1-3-5-7-11-28-14-16-29(17-15-28)12-8-9-13-30-18-20-31(21-19-30)26-33-32-24-22-27(23-25-32)10-6-4-2/h8,12,22-25,28-31H,3-7,10-11,14-21,26H2,1-2H3/b12-8+/t28-,29-,30-,31-. The molecule has 33 heavy (non-hydrogen) atoms. The van der Waals surface area contributed by atoms with Crippen LogP contribution in [0.15, 0.2) is 36.4 Å². The summed E-state index contributed by atoms with van der Waals surface area (Å²) in [6.45, 7) is 5.41. The zero-order valence-corrected chi connectivity index (χ0v) is 21.5. The Morgan fingerprint density at radius 1 is 0.818 bits per heavy atom. The molecular weight excluding hydrogens is 400 g/mol. The molecule has 0 aliphatic heterocycles. The number of benzene rings is 1. The van der Waals surface area contributed by atoms with Crippen molar-refractivity contribution in [3.63, 3.8) is 0 Å². The number of hydrogen-bond acceptors (Lipinski definition) is 1. The molecular formula is C32H48O. The first-order valence-electron chi connectivity index (χ1n) is 14.2. The molecule has 0 saturated heterocycles. The molecule has 1 aromatic rings. The van der Waals surface area contributed by atoms with Crippen LogP contribution in [0.3, 0.4) is 0 Å². The SMILES string of the molecule is CCCCC[C@H]1CC[C@H](/C=C/C#C[C@H]2CC[C@H](COc3ccc(CCCC)cc3)CC2)CC1. The average Bonchev–Trinajstić information content (AvgIpc) is 2.86. The van der Waals surface area contributed by atoms with E-state index in [-0.39, 0.29) is 0 Å². The smallest absolute Gasteiger partial charge is 0.119 e. The van der Waals surface area contributed by atoms with Gasteiger partial charge in [0, 0.05) is 5.92 Å². The predicted octanol–water partition coefficient (Wildman–Crippen LogP) is 9.16. The van der Waals surface area contributed by atoms with E-state index in [9.17, 15) is 0 Å². The molecule has 0 heterocycles. The minimum Gasteiger partial charge on any atom is -0.493 e. The molecule has 2 fully saturated rings. The van der Waals surface area contributed by atoms with Gasteiger partial charge >= 0.3 is 0 Å². The molecule has 2 saturated carbocycles. The summed E-state index contributed by atoms with van der Waals surface area (Å²) in [6, 6.07) is 8.75. The fourth-order valence-electron chi connectivity index (χ4n) is 5.52. The molecule has 3 rings (SSSR count). The van der Waals surface area contributed by atoms with Crippen LogP contribution >= 0.6 is 0 Å². The third-order valence-corrected chi connectivity index (χ3v) is 7.92. The van der Waals surface area contributed by atoms with Gasteiger partial charge in [-0.3, -0.25) is 0 Å². The van der Waals surface area contributed by atoms with Crippen molar-refractivity contribution in [3.05, 3.63) is 42.0 Å². The quantitative estimate of drug-likeness (QED) is 0.242. The van der Waals surface area contributed by atoms with Crippen LogP contribution in [0.2, 0.25) is 0 Å². The Hall–Kier alpha value is -1.68. The monoisotopic (exact) mass is 448 g/mol. The van der Waals surface area contributed by atoms with Crippen LogP contribution in [0.5, 0.6) is 5.75 Å². The highest BCUT2D eigenvalue weighted by molar-refractivity contribution is 5.27. The van der Waals surface area contributed by atoms with Crippen LogP contribution in [-0.4, -0.2) is 6.61 Å². The minimum atomic E-state index is 0.582. The van der Waals surface area contributed by atoms with Gasteiger partial charge < -0.3 is 4.74 Å². The molecule has 1 nitrogen and oxygen atoms in total. The third kappa shape index (κ3) is 10.00. The van der Waals surface area contributed by atoms with Gasteiger partial charge in [0.2, 0.25) is 0 Å². The Morgan fingerprint density at radius 2 is 1.52 bits per heavy atom. The van der Waals surface area contributed by atoms with Crippen molar-refractivity contribution in [2.75, 3.05) is 6.61 Å². The van der Waals surface area contributed by atoms with Crippen molar-refractivity contribution < 1.29 is 4.74 Å². The first kappa shape index (κ1) is 25.9. The molecule has 1 heteroatoms. The highest BCUT2D eigenvalue weighted by Crippen LogP contribution is 2.33. The lowest BCUT2D eigenvalue weighted by atomic mass is 9.79. The van der Waals surface area contributed by atoms with Gasteiger partial charge in [-0.1, -0.05) is 76.0 Å². The molecule has 182 valence electrons. The molecule has 0 radical (unpaired) electrons. The minimum absolute atomic E-state index is 0.582. The molecule has 0 aromatic heterocycles. The average molecular weight is 449 g/mol. The van der Waals surface area contributed by atoms with E-state index >= 15 is 0 Å². The van der Waals surface area contributed by atoms with Gasteiger partial charge in [-0.2, -0.15) is 0 Å². The van der Waals surface area contributed by atoms with Crippen molar-refractivity contribution in [3.8, 4) is 17.6 Å². The van der Waals surface area contributed by atoms with Gasteiger partial charge in [-0.25, -0.2) is 0 Å². The largest absolute Gasteiger partial charge is 0.493 e. The molecule has 0 unspecified atom stereocenters. The van der Waals surface area contributed by atoms with Crippen LogP contribution in [0.25, 0.3) is 0 Å². The predicted molar refractivity (Wildman–Crippen MR) is 143 cm³/mol. The van der Waals surface area contributed by atoms with Gasteiger partial charge in [-0.15, -0.1) is 0 Å². The Bertz CT molecular complexity index is 718. The van der Waals surface area contributed by atoms with Crippen LogP contribution in [0.4, 0.5) is 0 Å². The number of rotatable bonds is 11. The van der Waals surface area contributed by atoms with Crippen LogP contribution in [0, 0.1) is 35.5 Å². The van der Waals surface area contributed by atoms with E-state index in [1.807, 2.05) is 0 Å². The molecule has 2 aliphatic rings. The summed E-state index contributed by atoms with van der Waals surface area (Å²) in [7, 11) is 0. The van der Waals surface area contributed by atoms with E-state index in [1.165, 1.54) is 102 Å². The first-order chi connectivity index (χ1) is 16.3. The summed E-state index contributed by atoms with van der Waals surface area (Å²) in [4.78, 5) is 0. The summed E-state index contributed by atoms with van der Waals surface area (Å²) in [5.74, 6) is 11.0. The van der Waals surface area contributed by atoms with Crippen molar-refractivity contribution in [2.45, 2.75) is 110 Å². The highest BCUT2D eigenvalue weighted by atomic mass is 16.5.